The van der Waals surface area contributed by atoms with Gasteiger partial charge in [-0.2, -0.15) is 0 Å². The van der Waals surface area contributed by atoms with Gasteiger partial charge in [0.1, 0.15) is 0 Å². The first kappa shape index (κ1) is 18.4. The van der Waals surface area contributed by atoms with E-state index in [1.165, 1.54) is 24.8 Å². The first-order chi connectivity index (χ1) is 11.7. The van der Waals surface area contributed by atoms with E-state index in [0.29, 0.717) is 17.3 Å². The van der Waals surface area contributed by atoms with Crippen LogP contribution in [0, 0.1) is 22.7 Å². The molecule has 2 atom stereocenters. The van der Waals surface area contributed by atoms with Crippen LogP contribution in [0.5, 0.6) is 0 Å². The summed E-state index contributed by atoms with van der Waals surface area (Å²) in [6.07, 6.45) is 13.9. The summed E-state index contributed by atoms with van der Waals surface area (Å²) in [6.45, 7) is 15.5. The monoisotopic (exact) mass is 338 g/mol. The highest BCUT2D eigenvalue weighted by atomic mass is 16.1. The predicted octanol–water partition coefficient (Wildman–Crippen LogP) is 6.58. The third kappa shape index (κ3) is 2.80. The lowest BCUT2D eigenvalue weighted by atomic mass is 9.48. The Hall–Kier alpha value is -1.37. The number of hydrogen-bond donors (Lipinski definition) is 0. The third-order valence-corrected chi connectivity index (χ3v) is 6.92. The average Bonchev–Trinajstić information content (AvgIpc) is 2.55. The van der Waals surface area contributed by atoms with E-state index in [0.717, 1.165) is 36.0 Å². The van der Waals surface area contributed by atoms with Crippen molar-refractivity contribution < 1.29 is 4.79 Å². The first-order valence-corrected chi connectivity index (χ1v) is 10.1. The van der Waals surface area contributed by atoms with Crippen LogP contribution in [0.3, 0.4) is 0 Å². The SMILES string of the molecule is C=C1C(=O)C2=C(C=C1C(C)C)CCC1C(C)(C)CCCC21/C=C/CC. The lowest BCUT2D eigenvalue weighted by molar-refractivity contribution is -0.114. The molecule has 3 aliphatic rings. The van der Waals surface area contributed by atoms with Crippen molar-refractivity contribution in [1.29, 1.82) is 0 Å². The number of fused-ring (bicyclic) bond motifs is 2. The smallest absolute Gasteiger partial charge is 0.189 e. The molecule has 2 unspecified atom stereocenters. The maximum Gasteiger partial charge on any atom is 0.189 e. The summed E-state index contributed by atoms with van der Waals surface area (Å²) in [5.41, 5.74) is 4.49. The van der Waals surface area contributed by atoms with Gasteiger partial charge in [-0.3, -0.25) is 4.79 Å². The molecule has 0 amide bonds. The van der Waals surface area contributed by atoms with E-state index in [1.807, 2.05) is 0 Å². The Morgan fingerprint density at radius 1 is 1.32 bits per heavy atom. The van der Waals surface area contributed by atoms with Crippen LogP contribution < -0.4 is 0 Å². The normalized spacial score (nSPS) is 32.1. The summed E-state index contributed by atoms with van der Waals surface area (Å²) in [4.78, 5) is 13.5. The fraction of sp³-hybridized carbons (Fsp3) is 0.625. The summed E-state index contributed by atoms with van der Waals surface area (Å²) in [5, 5.41) is 0. The van der Waals surface area contributed by atoms with Gasteiger partial charge in [0.25, 0.3) is 0 Å². The second-order valence-corrected chi connectivity index (χ2v) is 9.25. The average molecular weight is 339 g/mol. The van der Waals surface area contributed by atoms with Gasteiger partial charge in [0.15, 0.2) is 5.78 Å². The van der Waals surface area contributed by atoms with Gasteiger partial charge in [-0.05, 0) is 60.5 Å². The molecule has 25 heavy (non-hydrogen) atoms. The van der Waals surface area contributed by atoms with Gasteiger partial charge in [0.2, 0.25) is 0 Å². The maximum absolute atomic E-state index is 13.5. The van der Waals surface area contributed by atoms with E-state index >= 15 is 0 Å². The van der Waals surface area contributed by atoms with Crippen molar-refractivity contribution in [3.05, 3.63) is 47.1 Å². The molecule has 0 heterocycles. The van der Waals surface area contributed by atoms with E-state index in [2.05, 4.69) is 59.4 Å². The molecule has 0 aromatic heterocycles. The Labute approximate surface area is 154 Å². The van der Waals surface area contributed by atoms with Crippen LogP contribution in [0.2, 0.25) is 0 Å². The number of hydrogen-bond acceptors (Lipinski definition) is 1. The van der Waals surface area contributed by atoms with Crippen molar-refractivity contribution in [2.45, 2.75) is 73.1 Å². The minimum Gasteiger partial charge on any atom is -0.289 e. The molecular formula is C24H34O. The van der Waals surface area contributed by atoms with Gasteiger partial charge in [0.05, 0.1) is 0 Å². The highest BCUT2D eigenvalue weighted by molar-refractivity contribution is 6.14. The fourth-order valence-corrected chi connectivity index (χ4v) is 5.74. The summed E-state index contributed by atoms with van der Waals surface area (Å²) in [6, 6.07) is 0. The van der Waals surface area contributed by atoms with Gasteiger partial charge in [0, 0.05) is 16.6 Å². The van der Waals surface area contributed by atoms with Crippen LogP contribution in [-0.2, 0) is 4.79 Å². The summed E-state index contributed by atoms with van der Waals surface area (Å²) in [5.74, 6) is 1.14. The largest absolute Gasteiger partial charge is 0.289 e. The molecule has 0 aromatic rings. The molecule has 0 saturated heterocycles. The molecule has 0 spiro atoms. The van der Waals surface area contributed by atoms with Crippen molar-refractivity contribution in [1.82, 2.24) is 0 Å². The zero-order valence-electron chi connectivity index (χ0n) is 16.7. The molecule has 0 N–H and O–H groups in total. The molecule has 0 radical (unpaired) electrons. The lowest BCUT2D eigenvalue weighted by Gasteiger charge is -2.55. The minimum atomic E-state index is -0.0790. The van der Waals surface area contributed by atoms with Gasteiger partial charge >= 0.3 is 0 Å². The van der Waals surface area contributed by atoms with E-state index in [4.69, 9.17) is 0 Å². The molecule has 3 rings (SSSR count). The zero-order chi connectivity index (χ0) is 18.4. The molecule has 1 saturated carbocycles. The lowest BCUT2D eigenvalue weighted by Crippen LogP contribution is -2.48. The van der Waals surface area contributed by atoms with E-state index in [1.54, 1.807) is 0 Å². The Bertz CT molecular complexity index is 683. The van der Waals surface area contributed by atoms with E-state index in [9.17, 15) is 4.79 Å². The Balaban J connectivity index is 2.22. The predicted molar refractivity (Wildman–Crippen MR) is 106 cm³/mol. The van der Waals surface area contributed by atoms with Crippen molar-refractivity contribution in [3.63, 3.8) is 0 Å². The highest BCUT2D eigenvalue weighted by Gasteiger charge is 2.54. The fourth-order valence-electron chi connectivity index (χ4n) is 5.74. The number of rotatable bonds is 3. The molecule has 0 aromatic carbocycles. The van der Waals surface area contributed by atoms with Crippen LogP contribution in [-0.4, -0.2) is 5.78 Å². The number of ketones is 1. The maximum atomic E-state index is 13.5. The zero-order valence-corrected chi connectivity index (χ0v) is 16.7. The molecular weight excluding hydrogens is 304 g/mol. The second-order valence-electron chi connectivity index (χ2n) is 9.25. The Morgan fingerprint density at radius 2 is 2.04 bits per heavy atom. The van der Waals surface area contributed by atoms with E-state index in [-0.39, 0.29) is 11.2 Å². The number of carbonyl (C=O) groups excluding carboxylic acids is 1. The van der Waals surface area contributed by atoms with Crippen molar-refractivity contribution >= 4 is 5.78 Å². The molecule has 1 heteroatoms. The van der Waals surface area contributed by atoms with E-state index < -0.39 is 0 Å². The van der Waals surface area contributed by atoms with Gasteiger partial charge < -0.3 is 0 Å². The van der Waals surface area contributed by atoms with Crippen LogP contribution in [0.15, 0.2) is 47.1 Å². The molecule has 1 fully saturated rings. The quantitative estimate of drug-likeness (QED) is 0.420. The topological polar surface area (TPSA) is 17.1 Å². The standard InChI is InChI=1S/C24H34O/c1-7-8-13-24-14-9-12-23(5,6)20(24)11-10-18-15-19(16(2)3)17(4)22(25)21(18)24/h8,13,15-16,20H,4,7,9-12,14H2,1-3,5-6H3/b13-8+. The van der Waals surface area contributed by atoms with Crippen LogP contribution in [0.25, 0.3) is 0 Å². The van der Waals surface area contributed by atoms with Crippen molar-refractivity contribution in [2.24, 2.45) is 22.7 Å². The second kappa shape index (κ2) is 6.41. The highest BCUT2D eigenvalue weighted by Crippen LogP contribution is 2.62. The Morgan fingerprint density at radius 3 is 2.68 bits per heavy atom. The summed E-state index contributed by atoms with van der Waals surface area (Å²) >= 11 is 0. The number of carbonyl (C=O) groups is 1. The number of allylic oxidation sites excluding steroid dienone is 7. The van der Waals surface area contributed by atoms with Crippen LogP contribution in [0.1, 0.15) is 73.1 Å². The summed E-state index contributed by atoms with van der Waals surface area (Å²) in [7, 11) is 0. The van der Waals surface area contributed by atoms with Crippen molar-refractivity contribution in [2.75, 3.05) is 0 Å². The molecule has 3 aliphatic carbocycles. The molecule has 136 valence electrons. The van der Waals surface area contributed by atoms with Gasteiger partial charge in [-0.25, -0.2) is 0 Å². The van der Waals surface area contributed by atoms with Gasteiger partial charge in [-0.1, -0.05) is 65.8 Å². The molecule has 1 nitrogen and oxygen atoms in total. The van der Waals surface area contributed by atoms with Gasteiger partial charge in [-0.15, -0.1) is 0 Å². The first-order valence-electron chi connectivity index (χ1n) is 10.1. The third-order valence-electron chi connectivity index (χ3n) is 6.92. The molecule has 0 bridgehead atoms. The summed E-state index contributed by atoms with van der Waals surface area (Å²) < 4.78 is 0. The van der Waals surface area contributed by atoms with Crippen LogP contribution >= 0.6 is 0 Å². The number of Topliss-reactive ketones (excluding diaryl/α,β-unsaturated/α-hetero) is 1. The Kier molecular flexibility index (Phi) is 4.73. The van der Waals surface area contributed by atoms with Crippen molar-refractivity contribution in [3.8, 4) is 0 Å². The minimum absolute atomic E-state index is 0.0790. The molecule has 0 aliphatic heterocycles. The van der Waals surface area contributed by atoms with Crippen LogP contribution in [0.4, 0.5) is 0 Å².